The third kappa shape index (κ3) is 5.05. The Morgan fingerprint density at radius 2 is 1.94 bits per heavy atom. The number of hydrogen-bond donors (Lipinski definition) is 1. The molecule has 17 heavy (non-hydrogen) atoms. The van der Waals surface area contributed by atoms with Gasteiger partial charge in [-0.3, -0.25) is 4.90 Å². The van der Waals surface area contributed by atoms with E-state index in [1.165, 1.54) is 0 Å². The fraction of sp³-hybridized carbons (Fsp3) is 1.00. The number of aliphatic hydroxyl groups excluding tert-OH is 1. The second-order valence-corrected chi connectivity index (χ2v) is 8.11. The van der Waals surface area contributed by atoms with Crippen molar-refractivity contribution in [3.8, 4) is 0 Å². The maximum absolute atomic E-state index is 9.70. The Morgan fingerprint density at radius 3 is 2.41 bits per heavy atom. The first-order valence-electron chi connectivity index (χ1n) is 6.81. The maximum atomic E-state index is 9.70. The Bertz CT molecular complexity index is 210. The fourth-order valence-electron chi connectivity index (χ4n) is 2.47. The molecule has 5 heteroatoms. The molecule has 1 aliphatic heterocycles. The summed E-state index contributed by atoms with van der Waals surface area (Å²) in [5, 5.41) is 9.70. The molecule has 1 N–H and O–H groups in total. The summed E-state index contributed by atoms with van der Waals surface area (Å²) in [7, 11) is -1.95. The molecule has 1 heterocycles. The molecule has 0 aromatic rings. The highest BCUT2D eigenvalue weighted by atomic mass is 28.4. The highest BCUT2D eigenvalue weighted by Crippen LogP contribution is 2.19. The van der Waals surface area contributed by atoms with E-state index in [9.17, 15) is 5.11 Å². The Balaban J connectivity index is 2.26. The van der Waals surface area contributed by atoms with E-state index in [-0.39, 0.29) is 6.23 Å². The SMILES string of the molecule is CCO[Si](C)(CCCN1CCCC1O)OCC. The van der Waals surface area contributed by atoms with Crippen molar-refractivity contribution < 1.29 is 14.0 Å². The van der Waals surface area contributed by atoms with Crippen LogP contribution in [0.3, 0.4) is 0 Å². The Kier molecular flexibility index (Phi) is 6.65. The van der Waals surface area contributed by atoms with E-state index in [1.54, 1.807) is 0 Å². The fourth-order valence-corrected chi connectivity index (χ4v) is 4.86. The highest BCUT2D eigenvalue weighted by molar-refractivity contribution is 6.66. The topological polar surface area (TPSA) is 41.9 Å². The lowest BCUT2D eigenvalue weighted by Gasteiger charge is -2.27. The first-order chi connectivity index (χ1) is 8.11. The second kappa shape index (κ2) is 7.48. The van der Waals surface area contributed by atoms with E-state index in [0.29, 0.717) is 0 Å². The monoisotopic (exact) mass is 261 g/mol. The van der Waals surface area contributed by atoms with Gasteiger partial charge < -0.3 is 14.0 Å². The van der Waals surface area contributed by atoms with Crippen LogP contribution in [0.2, 0.25) is 12.6 Å². The van der Waals surface area contributed by atoms with Crippen LogP contribution in [0.5, 0.6) is 0 Å². The van der Waals surface area contributed by atoms with E-state index in [4.69, 9.17) is 8.85 Å². The van der Waals surface area contributed by atoms with Crippen molar-refractivity contribution >= 4 is 8.56 Å². The van der Waals surface area contributed by atoms with Crippen molar-refractivity contribution in [3.05, 3.63) is 0 Å². The molecule has 0 aliphatic carbocycles. The van der Waals surface area contributed by atoms with Gasteiger partial charge in [-0.05, 0) is 45.7 Å². The summed E-state index contributed by atoms with van der Waals surface area (Å²) in [6, 6.07) is 1.01. The van der Waals surface area contributed by atoms with E-state index in [1.807, 2.05) is 13.8 Å². The third-order valence-electron chi connectivity index (χ3n) is 3.30. The van der Waals surface area contributed by atoms with Crippen LogP contribution in [-0.2, 0) is 8.85 Å². The average molecular weight is 261 g/mol. The van der Waals surface area contributed by atoms with Gasteiger partial charge >= 0.3 is 8.56 Å². The first-order valence-corrected chi connectivity index (χ1v) is 9.33. The number of hydrogen-bond acceptors (Lipinski definition) is 4. The van der Waals surface area contributed by atoms with Gasteiger partial charge in [-0.2, -0.15) is 0 Å². The van der Waals surface area contributed by atoms with Crippen LogP contribution < -0.4 is 0 Å². The third-order valence-corrected chi connectivity index (χ3v) is 6.37. The number of likely N-dealkylation sites (tertiary alicyclic amines) is 1. The minimum absolute atomic E-state index is 0.220. The Labute approximate surface area is 106 Å². The zero-order valence-corrected chi connectivity index (χ0v) is 12.4. The molecule has 0 amide bonds. The number of nitrogens with zero attached hydrogens (tertiary/aromatic N) is 1. The second-order valence-electron chi connectivity index (χ2n) is 4.76. The molecule has 0 aromatic heterocycles. The lowest BCUT2D eigenvalue weighted by molar-refractivity contribution is 0.0378. The van der Waals surface area contributed by atoms with Crippen LogP contribution in [0.15, 0.2) is 0 Å². The van der Waals surface area contributed by atoms with E-state index in [0.717, 1.165) is 51.6 Å². The van der Waals surface area contributed by atoms with Gasteiger partial charge in [-0.15, -0.1) is 0 Å². The smallest absolute Gasteiger partial charge is 0.334 e. The predicted molar refractivity (Wildman–Crippen MR) is 71.1 cm³/mol. The van der Waals surface area contributed by atoms with Crippen LogP contribution in [-0.4, -0.2) is 51.1 Å². The standard InChI is InChI=1S/C12H27NO3Si/c1-4-15-17(3,16-5-2)11-7-10-13-9-6-8-12(13)14/h12,14H,4-11H2,1-3H3. The van der Waals surface area contributed by atoms with E-state index < -0.39 is 8.56 Å². The zero-order valence-electron chi connectivity index (χ0n) is 11.4. The minimum atomic E-state index is -1.95. The van der Waals surface area contributed by atoms with Crippen LogP contribution in [0.4, 0.5) is 0 Å². The summed E-state index contributed by atoms with van der Waals surface area (Å²) in [5.41, 5.74) is 0. The largest absolute Gasteiger partial charge is 0.395 e. The highest BCUT2D eigenvalue weighted by Gasteiger charge is 2.31. The van der Waals surface area contributed by atoms with Crippen molar-refractivity contribution in [3.63, 3.8) is 0 Å². The van der Waals surface area contributed by atoms with Gasteiger partial charge in [0, 0.05) is 26.3 Å². The molecule has 1 rings (SSSR count). The molecule has 0 aromatic carbocycles. The molecule has 1 unspecified atom stereocenters. The van der Waals surface area contributed by atoms with Crippen LogP contribution >= 0.6 is 0 Å². The zero-order chi connectivity index (χ0) is 12.7. The van der Waals surface area contributed by atoms with Crippen molar-refractivity contribution in [1.29, 1.82) is 0 Å². The molecule has 4 nitrogen and oxygen atoms in total. The first kappa shape index (κ1) is 15.1. The molecule has 1 aliphatic rings. The Hall–Kier alpha value is 0.0569. The molecule has 0 bridgehead atoms. The summed E-state index contributed by atoms with van der Waals surface area (Å²) in [4.78, 5) is 2.16. The van der Waals surface area contributed by atoms with Gasteiger partial charge in [0.05, 0.1) is 0 Å². The predicted octanol–water partition coefficient (Wildman–Crippen LogP) is 1.94. The molecular formula is C12H27NO3Si. The molecule has 0 saturated carbocycles. The minimum Gasteiger partial charge on any atom is -0.395 e. The van der Waals surface area contributed by atoms with Crippen molar-refractivity contribution in [2.45, 2.75) is 51.9 Å². The molecule has 1 fully saturated rings. The molecule has 1 atom stereocenters. The molecular weight excluding hydrogens is 234 g/mol. The lowest BCUT2D eigenvalue weighted by atomic mass is 10.4. The van der Waals surface area contributed by atoms with Gasteiger partial charge in [0.15, 0.2) is 0 Å². The van der Waals surface area contributed by atoms with Crippen LogP contribution in [0, 0.1) is 0 Å². The number of rotatable bonds is 8. The Morgan fingerprint density at radius 1 is 1.29 bits per heavy atom. The quantitative estimate of drug-likeness (QED) is 0.678. The van der Waals surface area contributed by atoms with Crippen LogP contribution in [0.25, 0.3) is 0 Å². The molecule has 0 spiro atoms. The van der Waals surface area contributed by atoms with E-state index >= 15 is 0 Å². The lowest BCUT2D eigenvalue weighted by Crippen LogP contribution is -2.40. The normalized spacial score (nSPS) is 22.2. The summed E-state index contributed by atoms with van der Waals surface area (Å²) in [6.07, 6.45) is 2.88. The number of aliphatic hydroxyl groups is 1. The van der Waals surface area contributed by atoms with E-state index in [2.05, 4.69) is 11.4 Å². The van der Waals surface area contributed by atoms with Gasteiger partial charge in [-0.1, -0.05) is 0 Å². The van der Waals surface area contributed by atoms with Crippen molar-refractivity contribution in [1.82, 2.24) is 4.90 Å². The summed E-state index contributed by atoms with van der Waals surface area (Å²) < 4.78 is 11.6. The van der Waals surface area contributed by atoms with Crippen molar-refractivity contribution in [2.24, 2.45) is 0 Å². The van der Waals surface area contributed by atoms with Crippen molar-refractivity contribution in [2.75, 3.05) is 26.3 Å². The van der Waals surface area contributed by atoms with Gasteiger partial charge in [0.1, 0.15) is 6.23 Å². The summed E-state index contributed by atoms with van der Waals surface area (Å²) >= 11 is 0. The summed E-state index contributed by atoms with van der Waals surface area (Å²) in [6.45, 7) is 9.64. The summed E-state index contributed by atoms with van der Waals surface area (Å²) in [5.74, 6) is 0. The molecule has 0 radical (unpaired) electrons. The maximum Gasteiger partial charge on any atom is 0.334 e. The average Bonchev–Trinajstić information content (AvgIpc) is 2.65. The van der Waals surface area contributed by atoms with Gasteiger partial charge in [-0.25, -0.2) is 0 Å². The van der Waals surface area contributed by atoms with Gasteiger partial charge in [0.2, 0.25) is 0 Å². The van der Waals surface area contributed by atoms with Gasteiger partial charge in [0.25, 0.3) is 0 Å². The molecule has 102 valence electrons. The van der Waals surface area contributed by atoms with Crippen LogP contribution in [0.1, 0.15) is 33.1 Å². The molecule has 1 saturated heterocycles.